The molecule has 10 heavy (non-hydrogen) atoms. The van der Waals surface area contributed by atoms with Crippen molar-refractivity contribution in [2.75, 3.05) is 13.1 Å². The zero-order chi connectivity index (χ0) is 7.82. The number of terminal acetylenes is 1. The molecule has 1 atom stereocenters. The van der Waals surface area contributed by atoms with Crippen LogP contribution >= 0.6 is 0 Å². The van der Waals surface area contributed by atoms with Crippen LogP contribution in [0.3, 0.4) is 0 Å². The van der Waals surface area contributed by atoms with E-state index in [4.69, 9.17) is 6.42 Å². The summed E-state index contributed by atoms with van der Waals surface area (Å²) in [4.78, 5) is 0. The Kier molecular flexibility index (Phi) is 6.32. The van der Waals surface area contributed by atoms with Gasteiger partial charge in [0.1, 0.15) is 0 Å². The van der Waals surface area contributed by atoms with Crippen molar-refractivity contribution in [2.45, 2.75) is 26.7 Å². The van der Waals surface area contributed by atoms with Crippen LogP contribution in [0.4, 0.5) is 0 Å². The molecular weight excluding hydrogens is 122 g/mol. The first-order valence-corrected chi connectivity index (χ1v) is 3.95. The lowest BCUT2D eigenvalue weighted by molar-refractivity contribution is 0.505. The average Bonchev–Trinajstić information content (AvgIpc) is 1.98. The lowest BCUT2D eigenvalue weighted by Gasteiger charge is -2.07. The van der Waals surface area contributed by atoms with Gasteiger partial charge in [-0.3, -0.25) is 0 Å². The number of hydrogen-bond donors (Lipinski definition) is 1. The van der Waals surface area contributed by atoms with Gasteiger partial charge in [0.05, 0.1) is 0 Å². The van der Waals surface area contributed by atoms with Crippen LogP contribution in [-0.2, 0) is 0 Å². The fourth-order valence-corrected chi connectivity index (χ4v) is 0.653. The Morgan fingerprint density at radius 3 is 2.80 bits per heavy atom. The van der Waals surface area contributed by atoms with Gasteiger partial charge in [-0.15, -0.1) is 12.3 Å². The van der Waals surface area contributed by atoms with Crippen molar-refractivity contribution >= 4 is 0 Å². The number of hydrogen-bond acceptors (Lipinski definition) is 1. The van der Waals surface area contributed by atoms with Crippen LogP contribution in [-0.4, -0.2) is 13.1 Å². The molecule has 1 unspecified atom stereocenters. The highest BCUT2D eigenvalue weighted by Gasteiger charge is 1.95. The summed E-state index contributed by atoms with van der Waals surface area (Å²) in [7, 11) is 0. The Morgan fingerprint density at radius 1 is 1.60 bits per heavy atom. The van der Waals surface area contributed by atoms with E-state index in [1.165, 1.54) is 6.42 Å². The average molecular weight is 139 g/mol. The van der Waals surface area contributed by atoms with Gasteiger partial charge in [-0.25, -0.2) is 0 Å². The van der Waals surface area contributed by atoms with Gasteiger partial charge < -0.3 is 5.32 Å². The first-order valence-electron chi connectivity index (χ1n) is 3.95. The molecule has 0 fully saturated rings. The molecule has 0 saturated heterocycles. The summed E-state index contributed by atoms with van der Waals surface area (Å²) < 4.78 is 0. The van der Waals surface area contributed by atoms with E-state index in [2.05, 4.69) is 25.1 Å². The third-order valence-electron chi connectivity index (χ3n) is 1.64. The van der Waals surface area contributed by atoms with E-state index in [-0.39, 0.29) is 0 Å². The van der Waals surface area contributed by atoms with Crippen LogP contribution in [0, 0.1) is 18.3 Å². The molecule has 0 rings (SSSR count). The molecular formula is C9H17N. The van der Waals surface area contributed by atoms with Crippen LogP contribution < -0.4 is 5.32 Å². The van der Waals surface area contributed by atoms with Crippen LogP contribution in [0.2, 0.25) is 0 Å². The predicted octanol–water partition coefficient (Wildman–Crippen LogP) is 1.65. The highest BCUT2D eigenvalue weighted by molar-refractivity contribution is 4.84. The van der Waals surface area contributed by atoms with Crippen molar-refractivity contribution in [3.05, 3.63) is 0 Å². The molecule has 1 nitrogen and oxygen atoms in total. The molecule has 58 valence electrons. The SMILES string of the molecule is C#CCCNCC(C)CC. The topological polar surface area (TPSA) is 12.0 Å². The Bertz CT molecular complexity index is 102. The second kappa shape index (κ2) is 6.64. The van der Waals surface area contributed by atoms with E-state index in [9.17, 15) is 0 Å². The van der Waals surface area contributed by atoms with E-state index in [0.29, 0.717) is 0 Å². The Balaban J connectivity index is 2.98. The first kappa shape index (κ1) is 9.52. The molecule has 0 aromatic rings. The van der Waals surface area contributed by atoms with Crippen molar-refractivity contribution in [3.63, 3.8) is 0 Å². The molecule has 0 aliphatic heterocycles. The summed E-state index contributed by atoms with van der Waals surface area (Å²) in [6, 6.07) is 0. The molecule has 0 aliphatic rings. The van der Waals surface area contributed by atoms with Crippen LogP contribution in [0.5, 0.6) is 0 Å². The summed E-state index contributed by atoms with van der Waals surface area (Å²) >= 11 is 0. The normalized spacial score (nSPS) is 12.5. The highest BCUT2D eigenvalue weighted by atomic mass is 14.8. The van der Waals surface area contributed by atoms with Crippen molar-refractivity contribution in [3.8, 4) is 12.3 Å². The Hall–Kier alpha value is -0.480. The van der Waals surface area contributed by atoms with Crippen LogP contribution in [0.15, 0.2) is 0 Å². The van der Waals surface area contributed by atoms with E-state index in [1.807, 2.05) is 0 Å². The minimum atomic E-state index is 0.776. The summed E-state index contributed by atoms with van der Waals surface area (Å²) in [6.45, 7) is 6.50. The zero-order valence-corrected chi connectivity index (χ0v) is 6.98. The number of nitrogens with one attached hydrogen (secondary N) is 1. The summed E-state index contributed by atoms with van der Waals surface area (Å²) in [5.74, 6) is 3.37. The summed E-state index contributed by atoms with van der Waals surface area (Å²) in [5.41, 5.74) is 0. The molecule has 0 spiro atoms. The zero-order valence-electron chi connectivity index (χ0n) is 6.98. The fourth-order valence-electron chi connectivity index (χ4n) is 0.653. The highest BCUT2D eigenvalue weighted by Crippen LogP contribution is 1.96. The van der Waals surface area contributed by atoms with Crippen molar-refractivity contribution in [2.24, 2.45) is 5.92 Å². The maximum absolute atomic E-state index is 5.09. The van der Waals surface area contributed by atoms with E-state index in [0.717, 1.165) is 25.4 Å². The molecule has 0 amide bonds. The Labute approximate surface area is 64.2 Å². The second-order valence-corrected chi connectivity index (χ2v) is 2.67. The van der Waals surface area contributed by atoms with Gasteiger partial charge in [-0.1, -0.05) is 20.3 Å². The molecule has 0 aromatic heterocycles. The maximum Gasteiger partial charge on any atom is 0.0211 e. The molecule has 0 radical (unpaired) electrons. The monoisotopic (exact) mass is 139 g/mol. The smallest absolute Gasteiger partial charge is 0.0211 e. The minimum Gasteiger partial charge on any atom is -0.316 e. The second-order valence-electron chi connectivity index (χ2n) is 2.67. The molecule has 0 bridgehead atoms. The van der Waals surface area contributed by atoms with Crippen LogP contribution in [0.1, 0.15) is 26.7 Å². The Morgan fingerprint density at radius 2 is 2.30 bits per heavy atom. The minimum absolute atomic E-state index is 0.776. The van der Waals surface area contributed by atoms with E-state index < -0.39 is 0 Å². The molecule has 0 aliphatic carbocycles. The van der Waals surface area contributed by atoms with Gasteiger partial charge in [-0.05, 0) is 12.5 Å². The molecule has 1 N–H and O–H groups in total. The van der Waals surface area contributed by atoms with Gasteiger partial charge in [-0.2, -0.15) is 0 Å². The first-order chi connectivity index (χ1) is 4.81. The maximum atomic E-state index is 5.09. The van der Waals surface area contributed by atoms with Gasteiger partial charge >= 0.3 is 0 Å². The standard InChI is InChI=1S/C9H17N/c1-4-6-7-10-8-9(3)5-2/h1,9-10H,5-8H2,2-3H3. The van der Waals surface area contributed by atoms with E-state index >= 15 is 0 Å². The predicted molar refractivity (Wildman–Crippen MR) is 45.8 cm³/mol. The molecule has 1 heteroatoms. The third-order valence-corrected chi connectivity index (χ3v) is 1.64. The van der Waals surface area contributed by atoms with Gasteiger partial charge in [0.2, 0.25) is 0 Å². The number of rotatable bonds is 5. The van der Waals surface area contributed by atoms with Gasteiger partial charge in [0.25, 0.3) is 0 Å². The largest absolute Gasteiger partial charge is 0.316 e. The van der Waals surface area contributed by atoms with Crippen molar-refractivity contribution in [1.82, 2.24) is 5.32 Å². The lowest BCUT2D eigenvalue weighted by atomic mass is 10.1. The van der Waals surface area contributed by atoms with Crippen molar-refractivity contribution < 1.29 is 0 Å². The quantitative estimate of drug-likeness (QED) is 0.451. The van der Waals surface area contributed by atoms with E-state index in [1.54, 1.807) is 0 Å². The van der Waals surface area contributed by atoms with Crippen molar-refractivity contribution in [1.29, 1.82) is 0 Å². The molecule has 0 saturated carbocycles. The lowest BCUT2D eigenvalue weighted by Crippen LogP contribution is -2.21. The summed E-state index contributed by atoms with van der Waals surface area (Å²) in [5, 5.41) is 3.29. The molecule has 0 aromatic carbocycles. The van der Waals surface area contributed by atoms with Gasteiger partial charge in [0.15, 0.2) is 0 Å². The fraction of sp³-hybridized carbons (Fsp3) is 0.778. The third kappa shape index (κ3) is 5.65. The summed E-state index contributed by atoms with van der Waals surface area (Å²) in [6.07, 6.45) is 7.17. The van der Waals surface area contributed by atoms with Crippen LogP contribution in [0.25, 0.3) is 0 Å². The molecule has 0 heterocycles. The van der Waals surface area contributed by atoms with Gasteiger partial charge in [0, 0.05) is 13.0 Å².